The third-order valence-electron chi connectivity index (χ3n) is 3.36. The second-order valence-electron chi connectivity index (χ2n) is 5.20. The molecule has 2 heterocycles. The number of pyridine rings is 2. The molecular weight excluding hydrogens is 299 g/mol. The Morgan fingerprint density at radius 3 is 2.12 bits per heavy atom. The molecule has 0 aliphatic heterocycles. The van der Waals surface area contributed by atoms with Crippen molar-refractivity contribution in [2.24, 2.45) is 5.10 Å². The summed E-state index contributed by atoms with van der Waals surface area (Å²) in [5.74, 6) is -0.275. The second kappa shape index (κ2) is 7.33. The van der Waals surface area contributed by atoms with E-state index in [9.17, 15) is 4.79 Å². The van der Waals surface area contributed by atoms with E-state index >= 15 is 0 Å². The molecule has 116 valence electrons. The van der Waals surface area contributed by atoms with Crippen molar-refractivity contribution in [2.45, 2.75) is 0 Å². The molecule has 0 unspecified atom stereocenters. The minimum absolute atomic E-state index is 0.275. The molecule has 1 N–H and O–H groups in total. The van der Waals surface area contributed by atoms with Crippen molar-refractivity contribution < 1.29 is 4.79 Å². The summed E-state index contributed by atoms with van der Waals surface area (Å²) in [5.41, 5.74) is 5.95. The van der Waals surface area contributed by atoms with Crippen LogP contribution < -0.4 is 10.9 Å². The molecule has 0 bridgehead atoms. The van der Waals surface area contributed by atoms with Gasteiger partial charge in [0.1, 0.15) is 13.6 Å². The Bertz CT molecular complexity index is 825. The molecule has 5 nitrogen and oxygen atoms in total. The van der Waals surface area contributed by atoms with Gasteiger partial charge in [0, 0.05) is 18.0 Å². The SMILES string of the molecule is Bc1cccc(C(=O)NN=C(c2ccccn2)c2ccccn2)c1. The number of rotatable bonds is 4. The Morgan fingerprint density at radius 1 is 0.917 bits per heavy atom. The summed E-state index contributed by atoms with van der Waals surface area (Å²) >= 11 is 0. The van der Waals surface area contributed by atoms with Crippen LogP contribution in [0.1, 0.15) is 21.7 Å². The molecular formula is C18H15BN4O. The van der Waals surface area contributed by atoms with Crippen LogP contribution in [0, 0.1) is 0 Å². The van der Waals surface area contributed by atoms with Crippen LogP contribution in [0.25, 0.3) is 0 Å². The Labute approximate surface area is 140 Å². The summed E-state index contributed by atoms with van der Waals surface area (Å²) in [6, 6.07) is 18.4. The van der Waals surface area contributed by atoms with E-state index < -0.39 is 0 Å². The lowest BCUT2D eigenvalue weighted by Gasteiger charge is -2.06. The number of carbonyl (C=O) groups is 1. The minimum Gasteiger partial charge on any atom is -0.267 e. The van der Waals surface area contributed by atoms with E-state index in [0.29, 0.717) is 22.7 Å². The van der Waals surface area contributed by atoms with Crippen LogP contribution in [0.2, 0.25) is 0 Å². The number of benzene rings is 1. The molecule has 1 aromatic carbocycles. The van der Waals surface area contributed by atoms with E-state index in [1.807, 2.05) is 62.4 Å². The van der Waals surface area contributed by atoms with Gasteiger partial charge in [-0.05, 0) is 30.3 Å². The van der Waals surface area contributed by atoms with Gasteiger partial charge in [-0.25, -0.2) is 5.43 Å². The lowest BCUT2D eigenvalue weighted by Crippen LogP contribution is -2.22. The molecule has 0 fully saturated rings. The number of carbonyl (C=O) groups excluding carboxylic acids is 1. The highest BCUT2D eigenvalue weighted by molar-refractivity contribution is 6.32. The van der Waals surface area contributed by atoms with Crippen molar-refractivity contribution in [1.82, 2.24) is 15.4 Å². The summed E-state index contributed by atoms with van der Waals surface area (Å²) in [6.07, 6.45) is 3.35. The number of nitrogens with one attached hydrogen (secondary N) is 1. The number of nitrogens with zero attached hydrogens (tertiary/aromatic N) is 3. The normalized spacial score (nSPS) is 10.0. The van der Waals surface area contributed by atoms with Crippen molar-refractivity contribution in [3.05, 3.63) is 90.0 Å². The van der Waals surface area contributed by atoms with Crippen molar-refractivity contribution in [3.8, 4) is 0 Å². The molecule has 2 aromatic heterocycles. The maximum Gasteiger partial charge on any atom is 0.271 e. The van der Waals surface area contributed by atoms with Crippen LogP contribution in [0.15, 0.2) is 78.2 Å². The highest BCUT2D eigenvalue weighted by Crippen LogP contribution is 2.06. The van der Waals surface area contributed by atoms with Crippen LogP contribution in [0.4, 0.5) is 0 Å². The van der Waals surface area contributed by atoms with Crippen molar-refractivity contribution in [3.63, 3.8) is 0 Å². The number of hydrogen-bond acceptors (Lipinski definition) is 4. The lowest BCUT2D eigenvalue weighted by atomic mass is 9.94. The third kappa shape index (κ3) is 3.73. The zero-order chi connectivity index (χ0) is 16.8. The summed E-state index contributed by atoms with van der Waals surface area (Å²) in [4.78, 5) is 20.9. The van der Waals surface area contributed by atoms with Crippen molar-refractivity contribution >= 4 is 24.9 Å². The highest BCUT2D eigenvalue weighted by atomic mass is 16.2. The van der Waals surface area contributed by atoms with Gasteiger partial charge in [-0.15, -0.1) is 0 Å². The Kier molecular flexibility index (Phi) is 4.77. The van der Waals surface area contributed by atoms with Crippen LogP contribution in [-0.2, 0) is 0 Å². The second-order valence-corrected chi connectivity index (χ2v) is 5.20. The average Bonchev–Trinajstić information content (AvgIpc) is 2.63. The minimum atomic E-state index is -0.275. The van der Waals surface area contributed by atoms with Crippen molar-refractivity contribution in [2.75, 3.05) is 0 Å². The molecule has 24 heavy (non-hydrogen) atoms. The molecule has 0 aliphatic rings. The average molecular weight is 314 g/mol. The Hall–Kier alpha value is -3.28. The van der Waals surface area contributed by atoms with Crippen molar-refractivity contribution in [1.29, 1.82) is 0 Å². The van der Waals surface area contributed by atoms with Crippen LogP contribution in [0.3, 0.4) is 0 Å². The van der Waals surface area contributed by atoms with Gasteiger partial charge in [-0.2, -0.15) is 5.10 Å². The first kappa shape index (κ1) is 15.6. The van der Waals surface area contributed by atoms with Gasteiger partial charge in [0.2, 0.25) is 0 Å². The fourth-order valence-electron chi connectivity index (χ4n) is 2.21. The van der Waals surface area contributed by atoms with E-state index in [1.165, 1.54) is 0 Å². The number of hydrogen-bond donors (Lipinski definition) is 1. The monoisotopic (exact) mass is 314 g/mol. The van der Waals surface area contributed by atoms with Crippen LogP contribution in [-0.4, -0.2) is 29.4 Å². The highest BCUT2D eigenvalue weighted by Gasteiger charge is 2.11. The fourth-order valence-corrected chi connectivity index (χ4v) is 2.21. The van der Waals surface area contributed by atoms with Gasteiger partial charge < -0.3 is 0 Å². The number of aromatic nitrogens is 2. The van der Waals surface area contributed by atoms with Gasteiger partial charge in [0.05, 0.1) is 11.4 Å². The predicted octanol–water partition coefficient (Wildman–Crippen LogP) is 0.917. The molecule has 0 saturated carbocycles. The topological polar surface area (TPSA) is 67.2 Å². The van der Waals surface area contributed by atoms with E-state index in [-0.39, 0.29) is 5.91 Å². The summed E-state index contributed by atoms with van der Waals surface area (Å²) in [6.45, 7) is 0. The van der Waals surface area contributed by atoms with E-state index in [0.717, 1.165) is 5.46 Å². The number of amides is 1. The lowest BCUT2D eigenvalue weighted by molar-refractivity contribution is 0.0955. The van der Waals surface area contributed by atoms with Gasteiger partial charge in [0.25, 0.3) is 5.91 Å². The molecule has 3 rings (SSSR count). The van der Waals surface area contributed by atoms with Crippen LogP contribution >= 0.6 is 0 Å². The first-order chi connectivity index (χ1) is 11.7. The Morgan fingerprint density at radius 2 is 1.58 bits per heavy atom. The molecule has 0 saturated heterocycles. The Balaban J connectivity index is 1.91. The van der Waals surface area contributed by atoms with Crippen LogP contribution in [0.5, 0.6) is 0 Å². The molecule has 0 atom stereocenters. The molecule has 1 amide bonds. The van der Waals surface area contributed by atoms with Gasteiger partial charge >= 0.3 is 0 Å². The summed E-state index contributed by atoms with van der Waals surface area (Å²) < 4.78 is 0. The van der Waals surface area contributed by atoms with E-state index in [2.05, 4.69) is 20.5 Å². The fraction of sp³-hybridized carbons (Fsp3) is 0. The van der Waals surface area contributed by atoms with E-state index in [1.54, 1.807) is 18.5 Å². The van der Waals surface area contributed by atoms with Gasteiger partial charge in [-0.3, -0.25) is 14.8 Å². The quantitative estimate of drug-likeness (QED) is 0.442. The largest absolute Gasteiger partial charge is 0.271 e. The van der Waals surface area contributed by atoms with E-state index in [4.69, 9.17) is 0 Å². The van der Waals surface area contributed by atoms with Gasteiger partial charge in [-0.1, -0.05) is 35.8 Å². The predicted molar refractivity (Wildman–Crippen MR) is 96.2 cm³/mol. The third-order valence-corrected chi connectivity index (χ3v) is 3.36. The molecule has 3 aromatic rings. The first-order valence-electron chi connectivity index (χ1n) is 7.51. The first-order valence-corrected chi connectivity index (χ1v) is 7.51. The zero-order valence-corrected chi connectivity index (χ0v) is 13.2. The number of hydrazone groups is 1. The van der Waals surface area contributed by atoms with Gasteiger partial charge in [0.15, 0.2) is 0 Å². The maximum absolute atomic E-state index is 12.3. The molecule has 0 aliphatic carbocycles. The molecule has 0 radical (unpaired) electrons. The molecule has 0 spiro atoms. The smallest absolute Gasteiger partial charge is 0.267 e. The summed E-state index contributed by atoms with van der Waals surface area (Å²) in [7, 11) is 1.94. The molecule has 6 heteroatoms. The zero-order valence-electron chi connectivity index (χ0n) is 13.2. The maximum atomic E-state index is 12.3. The summed E-state index contributed by atoms with van der Waals surface area (Å²) in [5, 5.41) is 4.26. The standard InChI is InChI=1S/C18H15BN4O/c19-14-7-5-6-13(12-14)18(24)23-22-17(15-8-1-3-10-20-15)16-9-2-4-11-21-16/h1-12H,19H2,(H,23,24).